The van der Waals surface area contributed by atoms with Gasteiger partial charge in [-0.2, -0.15) is 5.10 Å². The van der Waals surface area contributed by atoms with Crippen LogP contribution in [0.25, 0.3) is 0 Å². The van der Waals surface area contributed by atoms with Crippen molar-refractivity contribution in [2.75, 3.05) is 0 Å². The Morgan fingerprint density at radius 2 is 2.00 bits per heavy atom. The summed E-state index contributed by atoms with van der Waals surface area (Å²) in [5.74, 6) is 0. The number of nitrogens with two attached hydrogens (primary N) is 1. The summed E-state index contributed by atoms with van der Waals surface area (Å²) in [4.78, 5) is 1.23. The molecule has 2 rings (SSSR count). The van der Waals surface area contributed by atoms with Crippen molar-refractivity contribution in [3.05, 3.63) is 41.6 Å². The summed E-state index contributed by atoms with van der Waals surface area (Å²) >= 11 is 1.76. The Hall–Kier alpha value is -1.26. The highest BCUT2D eigenvalue weighted by Crippen LogP contribution is 2.32. The van der Waals surface area contributed by atoms with E-state index in [1.807, 2.05) is 17.8 Å². The molecule has 0 aliphatic heterocycles. The zero-order chi connectivity index (χ0) is 13.8. The quantitative estimate of drug-likeness (QED) is 0.911. The highest BCUT2D eigenvalue weighted by molar-refractivity contribution is 7.99. The summed E-state index contributed by atoms with van der Waals surface area (Å²) in [5, 5.41) is 5.74. The van der Waals surface area contributed by atoms with Crippen LogP contribution in [-0.2, 0) is 13.5 Å². The monoisotopic (exact) mass is 275 g/mol. The lowest BCUT2D eigenvalue weighted by Gasteiger charge is -2.10. The van der Waals surface area contributed by atoms with Crippen LogP contribution in [0.3, 0.4) is 0 Å². The van der Waals surface area contributed by atoms with Crippen LogP contribution in [0, 0.1) is 6.92 Å². The molecule has 1 heterocycles. The Balaban J connectivity index is 2.28. The van der Waals surface area contributed by atoms with Crippen molar-refractivity contribution in [2.45, 2.75) is 42.7 Å². The Labute approximate surface area is 119 Å². The smallest absolute Gasteiger partial charge is 0.102 e. The lowest BCUT2D eigenvalue weighted by molar-refractivity contribution is 0.631. The van der Waals surface area contributed by atoms with E-state index >= 15 is 0 Å². The molecule has 1 aromatic heterocycles. The number of hydrogen-bond acceptors (Lipinski definition) is 3. The van der Waals surface area contributed by atoms with Gasteiger partial charge >= 0.3 is 0 Å². The van der Waals surface area contributed by atoms with Crippen LogP contribution in [-0.4, -0.2) is 15.8 Å². The number of rotatable bonds is 5. The Morgan fingerprint density at radius 1 is 1.32 bits per heavy atom. The lowest BCUT2D eigenvalue weighted by atomic mass is 10.1. The van der Waals surface area contributed by atoms with E-state index < -0.39 is 0 Å². The summed E-state index contributed by atoms with van der Waals surface area (Å²) in [5.41, 5.74) is 8.47. The average Bonchev–Trinajstić information content (AvgIpc) is 2.67. The second kappa shape index (κ2) is 6.26. The maximum Gasteiger partial charge on any atom is 0.102 e. The van der Waals surface area contributed by atoms with Gasteiger partial charge in [0.15, 0.2) is 0 Å². The molecule has 102 valence electrons. The predicted octanol–water partition coefficient (Wildman–Crippen LogP) is 3.16. The Bertz CT molecular complexity index is 534. The SMILES string of the molecule is CCC(N)Cc1c(C)nn(C)c1Sc1ccccc1. The van der Waals surface area contributed by atoms with Gasteiger partial charge in [-0.1, -0.05) is 36.9 Å². The Morgan fingerprint density at radius 3 is 2.63 bits per heavy atom. The first kappa shape index (κ1) is 14.2. The zero-order valence-corrected chi connectivity index (χ0v) is 12.6. The summed E-state index contributed by atoms with van der Waals surface area (Å²) in [6.07, 6.45) is 1.88. The minimum atomic E-state index is 0.207. The third-order valence-corrected chi connectivity index (χ3v) is 4.45. The second-order valence-electron chi connectivity index (χ2n) is 4.78. The average molecular weight is 275 g/mol. The summed E-state index contributed by atoms with van der Waals surface area (Å²) in [6.45, 7) is 4.19. The van der Waals surface area contributed by atoms with Crippen LogP contribution < -0.4 is 5.73 Å². The van der Waals surface area contributed by atoms with Crippen molar-refractivity contribution in [1.29, 1.82) is 0 Å². The third kappa shape index (κ3) is 3.39. The fraction of sp³-hybridized carbons (Fsp3) is 0.400. The molecule has 0 fully saturated rings. The summed E-state index contributed by atoms with van der Waals surface area (Å²) in [6, 6.07) is 10.6. The molecule has 0 spiro atoms. The topological polar surface area (TPSA) is 43.8 Å². The molecule has 3 nitrogen and oxygen atoms in total. The molecule has 0 saturated carbocycles. The third-order valence-electron chi connectivity index (χ3n) is 3.24. The summed E-state index contributed by atoms with van der Waals surface area (Å²) < 4.78 is 1.96. The zero-order valence-electron chi connectivity index (χ0n) is 11.8. The van der Waals surface area contributed by atoms with E-state index in [1.54, 1.807) is 11.8 Å². The van der Waals surface area contributed by atoms with Crippen molar-refractivity contribution in [3.63, 3.8) is 0 Å². The molecule has 0 radical (unpaired) electrons. The molecule has 0 bridgehead atoms. The van der Waals surface area contributed by atoms with Crippen LogP contribution >= 0.6 is 11.8 Å². The molecule has 0 aliphatic carbocycles. The van der Waals surface area contributed by atoms with Gasteiger partial charge in [0, 0.05) is 23.5 Å². The second-order valence-corrected chi connectivity index (χ2v) is 5.84. The normalized spacial score (nSPS) is 12.6. The maximum atomic E-state index is 6.10. The number of nitrogens with zero attached hydrogens (tertiary/aromatic N) is 2. The molecule has 1 aromatic carbocycles. The maximum absolute atomic E-state index is 6.10. The van der Waals surface area contributed by atoms with Crippen LogP contribution in [0.2, 0.25) is 0 Å². The van der Waals surface area contributed by atoms with Gasteiger partial charge in [-0.05, 0) is 31.9 Å². The van der Waals surface area contributed by atoms with E-state index in [4.69, 9.17) is 5.73 Å². The van der Waals surface area contributed by atoms with Gasteiger partial charge in [0.05, 0.1) is 5.69 Å². The number of aromatic nitrogens is 2. The molecule has 4 heteroatoms. The number of hydrogen-bond donors (Lipinski definition) is 1. The number of aryl methyl sites for hydroxylation is 2. The van der Waals surface area contributed by atoms with Crippen LogP contribution in [0.15, 0.2) is 40.3 Å². The molecular formula is C15H21N3S. The molecular weight excluding hydrogens is 254 g/mol. The standard InChI is InChI=1S/C15H21N3S/c1-4-12(16)10-14-11(2)17-18(3)15(14)19-13-8-6-5-7-9-13/h5-9,12H,4,10,16H2,1-3H3. The lowest BCUT2D eigenvalue weighted by Crippen LogP contribution is -2.21. The first-order valence-corrected chi connectivity index (χ1v) is 7.44. The van der Waals surface area contributed by atoms with E-state index in [-0.39, 0.29) is 6.04 Å². The van der Waals surface area contributed by atoms with E-state index in [0.717, 1.165) is 18.5 Å². The van der Waals surface area contributed by atoms with Crippen molar-refractivity contribution < 1.29 is 0 Å². The number of benzene rings is 1. The van der Waals surface area contributed by atoms with Crippen LogP contribution in [0.1, 0.15) is 24.6 Å². The van der Waals surface area contributed by atoms with Crippen molar-refractivity contribution in [2.24, 2.45) is 12.8 Å². The van der Waals surface area contributed by atoms with Gasteiger partial charge in [0.1, 0.15) is 5.03 Å². The predicted molar refractivity (Wildman–Crippen MR) is 80.5 cm³/mol. The fourth-order valence-corrected chi connectivity index (χ4v) is 3.09. The molecule has 0 saturated heterocycles. The van der Waals surface area contributed by atoms with Crippen molar-refractivity contribution in [1.82, 2.24) is 9.78 Å². The largest absolute Gasteiger partial charge is 0.327 e. The molecule has 1 atom stereocenters. The molecule has 0 aliphatic rings. The van der Waals surface area contributed by atoms with E-state index in [2.05, 4.69) is 43.2 Å². The summed E-state index contributed by atoms with van der Waals surface area (Å²) in [7, 11) is 2.00. The van der Waals surface area contributed by atoms with E-state index in [1.165, 1.54) is 15.5 Å². The molecule has 1 unspecified atom stereocenters. The van der Waals surface area contributed by atoms with Gasteiger partial charge in [-0.25, -0.2) is 0 Å². The van der Waals surface area contributed by atoms with Gasteiger partial charge in [0.2, 0.25) is 0 Å². The van der Waals surface area contributed by atoms with Crippen molar-refractivity contribution >= 4 is 11.8 Å². The minimum absolute atomic E-state index is 0.207. The van der Waals surface area contributed by atoms with Gasteiger partial charge in [-0.15, -0.1) is 0 Å². The van der Waals surface area contributed by atoms with Gasteiger partial charge < -0.3 is 5.73 Å². The van der Waals surface area contributed by atoms with Crippen molar-refractivity contribution in [3.8, 4) is 0 Å². The fourth-order valence-electron chi connectivity index (χ4n) is 2.05. The minimum Gasteiger partial charge on any atom is -0.327 e. The highest BCUT2D eigenvalue weighted by atomic mass is 32.2. The molecule has 2 N–H and O–H groups in total. The van der Waals surface area contributed by atoms with E-state index in [9.17, 15) is 0 Å². The highest BCUT2D eigenvalue weighted by Gasteiger charge is 2.16. The van der Waals surface area contributed by atoms with Crippen LogP contribution in [0.5, 0.6) is 0 Å². The van der Waals surface area contributed by atoms with Gasteiger partial charge in [-0.3, -0.25) is 4.68 Å². The molecule has 2 aromatic rings. The Kier molecular flexibility index (Phi) is 4.66. The molecule has 19 heavy (non-hydrogen) atoms. The first-order valence-electron chi connectivity index (χ1n) is 6.62. The first-order chi connectivity index (χ1) is 9.11. The van der Waals surface area contributed by atoms with Crippen LogP contribution in [0.4, 0.5) is 0 Å². The molecule has 0 amide bonds. The van der Waals surface area contributed by atoms with Gasteiger partial charge in [0.25, 0.3) is 0 Å². The van der Waals surface area contributed by atoms with E-state index in [0.29, 0.717) is 0 Å².